The quantitative estimate of drug-likeness (QED) is 0.221. The first-order valence-corrected chi connectivity index (χ1v) is 13.2. The van der Waals surface area contributed by atoms with Gasteiger partial charge in [-0.05, 0) is 49.8 Å². The Morgan fingerprint density at radius 1 is 0.974 bits per heavy atom. The minimum Gasteiger partial charge on any atom is -0.459 e. The van der Waals surface area contributed by atoms with Gasteiger partial charge in [-0.15, -0.1) is 0 Å². The summed E-state index contributed by atoms with van der Waals surface area (Å²) in [7, 11) is 0. The van der Waals surface area contributed by atoms with Crippen LogP contribution in [0.3, 0.4) is 0 Å². The molecule has 1 saturated heterocycles. The Morgan fingerprint density at radius 3 is 2.33 bits per heavy atom. The number of amides is 2. The van der Waals surface area contributed by atoms with E-state index in [1.54, 1.807) is 0 Å². The molecule has 206 valence electrons. The van der Waals surface area contributed by atoms with Crippen LogP contribution in [-0.4, -0.2) is 42.1 Å². The number of esters is 1. The van der Waals surface area contributed by atoms with E-state index in [1.165, 1.54) is 6.26 Å². The van der Waals surface area contributed by atoms with Gasteiger partial charge in [0, 0.05) is 6.54 Å². The molecule has 1 aliphatic rings. The first kappa shape index (κ1) is 27.8. The van der Waals surface area contributed by atoms with E-state index >= 15 is 0 Å². The topological polar surface area (TPSA) is 132 Å². The zero-order valence-corrected chi connectivity index (χ0v) is 21.8. The number of hydrogen-bond donors (Lipinski definition) is 3. The molecule has 39 heavy (non-hydrogen) atoms. The number of nitrogens with zero attached hydrogens (tertiary/aromatic N) is 1. The molecule has 3 aromatic rings. The lowest BCUT2D eigenvalue weighted by Crippen LogP contribution is -2.42. The summed E-state index contributed by atoms with van der Waals surface area (Å²) in [5.74, 6) is -0.582. The minimum absolute atomic E-state index is 0.00920. The Kier molecular flexibility index (Phi) is 10.5. The first-order valence-electron chi connectivity index (χ1n) is 13.2. The third-order valence-corrected chi connectivity index (χ3v) is 6.33. The highest BCUT2D eigenvalue weighted by Crippen LogP contribution is 2.22. The highest BCUT2D eigenvalue weighted by atomic mass is 16.5. The fourth-order valence-corrected chi connectivity index (χ4v) is 4.20. The zero-order chi connectivity index (χ0) is 27.3. The van der Waals surface area contributed by atoms with Crippen molar-refractivity contribution < 1.29 is 28.3 Å². The van der Waals surface area contributed by atoms with Crippen LogP contribution in [0.15, 0.2) is 71.3 Å². The Morgan fingerprint density at radius 2 is 1.67 bits per heavy atom. The van der Waals surface area contributed by atoms with Crippen LogP contribution >= 0.6 is 0 Å². The van der Waals surface area contributed by atoms with Crippen LogP contribution in [0.2, 0.25) is 0 Å². The molecule has 0 saturated carbocycles. The summed E-state index contributed by atoms with van der Waals surface area (Å²) in [6.07, 6.45) is 4.18. The van der Waals surface area contributed by atoms with Crippen LogP contribution in [0.4, 0.5) is 4.79 Å². The lowest BCUT2D eigenvalue weighted by molar-refractivity contribution is -0.147. The van der Waals surface area contributed by atoms with Gasteiger partial charge in [-0.2, -0.15) is 0 Å². The van der Waals surface area contributed by atoms with E-state index in [2.05, 4.69) is 20.9 Å². The highest BCUT2D eigenvalue weighted by Gasteiger charge is 2.26. The average Bonchev–Trinajstić information content (AvgIpc) is 3.68. The monoisotopic (exact) mass is 534 g/mol. The molecule has 1 aromatic heterocycles. The highest BCUT2D eigenvalue weighted by molar-refractivity contribution is 5.94. The maximum absolute atomic E-state index is 12.9. The molecule has 4 rings (SSSR count). The van der Waals surface area contributed by atoms with Gasteiger partial charge in [-0.1, -0.05) is 60.7 Å². The van der Waals surface area contributed by atoms with Gasteiger partial charge in [0.15, 0.2) is 5.69 Å². The van der Waals surface area contributed by atoms with Gasteiger partial charge in [0.25, 0.3) is 5.91 Å². The Labute approximate surface area is 227 Å². The number of unbranched alkanes of at least 4 members (excludes halogenated alkanes) is 1. The molecule has 2 atom stereocenters. The van der Waals surface area contributed by atoms with Gasteiger partial charge in [0.1, 0.15) is 25.5 Å². The number of carbonyl (C=O) groups is 3. The summed E-state index contributed by atoms with van der Waals surface area (Å²) in [4.78, 5) is 42.1. The van der Waals surface area contributed by atoms with E-state index in [0.717, 1.165) is 30.5 Å². The molecule has 0 spiro atoms. The largest absolute Gasteiger partial charge is 0.459 e. The SMILES string of the molecule is O=C(NCCCCC(NC(=O)c1coc(C2CCCN2)n1)C(=O)OCc1ccccc1)OCc1ccccc1. The number of alkyl carbamates (subject to hydrolysis) is 1. The van der Waals surface area contributed by atoms with Gasteiger partial charge >= 0.3 is 12.1 Å². The second-order valence-corrected chi connectivity index (χ2v) is 9.32. The normalized spacial score (nSPS) is 15.3. The number of rotatable bonds is 13. The van der Waals surface area contributed by atoms with E-state index < -0.39 is 24.0 Å². The third-order valence-electron chi connectivity index (χ3n) is 6.33. The summed E-state index contributed by atoms with van der Waals surface area (Å²) in [6, 6.07) is 17.9. The van der Waals surface area contributed by atoms with E-state index in [0.29, 0.717) is 31.7 Å². The van der Waals surface area contributed by atoms with Crippen LogP contribution in [0.5, 0.6) is 0 Å². The second-order valence-electron chi connectivity index (χ2n) is 9.32. The summed E-state index contributed by atoms with van der Waals surface area (Å²) in [5, 5.41) is 8.73. The predicted molar refractivity (Wildman–Crippen MR) is 142 cm³/mol. The average molecular weight is 535 g/mol. The molecule has 3 N–H and O–H groups in total. The molecule has 2 unspecified atom stereocenters. The van der Waals surface area contributed by atoms with E-state index in [1.807, 2.05) is 60.7 Å². The third kappa shape index (κ3) is 8.96. The van der Waals surface area contributed by atoms with Crippen LogP contribution in [0.1, 0.15) is 65.7 Å². The number of ether oxygens (including phenoxy) is 2. The maximum Gasteiger partial charge on any atom is 0.407 e. The van der Waals surface area contributed by atoms with Crippen molar-refractivity contribution >= 4 is 18.0 Å². The Bertz CT molecular complexity index is 1190. The number of benzene rings is 2. The fourth-order valence-electron chi connectivity index (χ4n) is 4.20. The smallest absolute Gasteiger partial charge is 0.407 e. The fraction of sp³-hybridized carbons (Fsp3) is 0.379. The summed E-state index contributed by atoms with van der Waals surface area (Å²) in [6.45, 7) is 1.54. The van der Waals surface area contributed by atoms with Crippen LogP contribution < -0.4 is 16.0 Å². The molecule has 1 aliphatic heterocycles. The van der Waals surface area contributed by atoms with E-state index in [4.69, 9.17) is 13.9 Å². The molecular formula is C29H34N4O6. The number of nitrogens with one attached hydrogen (secondary N) is 3. The molecule has 0 aliphatic carbocycles. The second kappa shape index (κ2) is 14.7. The van der Waals surface area contributed by atoms with Crippen LogP contribution in [0, 0.1) is 0 Å². The molecule has 10 nitrogen and oxygen atoms in total. The summed E-state index contributed by atoms with van der Waals surface area (Å²) < 4.78 is 16.2. The zero-order valence-electron chi connectivity index (χ0n) is 21.8. The lowest BCUT2D eigenvalue weighted by Gasteiger charge is -2.17. The maximum atomic E-state index is 12.9. The van der Waals surface area contributed by atoms with E-state index in [-0.39, 0.29) is 24.9 Å². The molecule has 1 fully saturated rings. The van der Waals surface area contributed by atoms with Crippen LogP contribution in [0.25, 0.3) is 0 Å². The van der Waals surface area contributed by atoms with Crippen LogP contribution in [-0.2, 0) is 27.5 Å². The predicted octanol–water partition coefficient (Wildman–Crippen LogP) is 4.04. The number of aromatic nitrogens is 1. The Hall–Kier alpha value is -4.18. The van der Waals surface area contributed by atoms with E-state index in [9.17, 15) is 14.4 Å². The van der Waals surface area contributed by atoms with Crippen molar-refractivity contribution in [3.8, 4) is 0 Å². The molecule has 2 amide bonds. The van der Waals surface area contributed by atoms with Crippen molar-refractivity contribution in [3.63, 3.8) is 0 Å². The number of carbonyl (C=O) groups excluding carboxylic acids is 3. The molecule has 0 radical (unpaired) electrons. The Balaban J connectivity index is 1.25. The minimum atomic E-state index is -0.879. The molecular weight excluding hydrogens is 500 g/mol. The van der Waals surface area contributed by atoms with Crippen molar-refractivity contribution in [2.24, 2.45) is 0 Å². The van der Waals surface area contributed by atoms with Gasteiger partial charge in [0.05, 0.1) is 6.04 Å². The van der Waals surface area contributed by atoms with Gasteiger partial charge in [-0.25, -0.2) is 14.6 Å². The lowest BCUT2D eigenvalue weighted by atomic mass is 10.1. The molecule has 10 heteroatoms. The summed E-state index contributed by atoms with van der Waals surface area (Å²) >= 11 is 0. The number of oxazole rings is 1. The van der Waals surface area contributed by atoms with Crippen molar-refractivity contribution in [1.82, 2.24) is 20.9 Å². The first-order chi connectivity index (χ1) is 19.1. The molecule has 2 heterocycles. The van der Waals surface area contributed by atoms with Gasteiger partial charge in [-0.3, -0.25) is 4.79 Å². The number of hydrogen-bond acceptors (Lipinski definition) is 8. The molecule has 2 aromatic carbocycles. The van der Waals surface area contributed by atoms with Gasteiger partial charge < -0.3 is 29.8 Å². The molecule has 0 bridgehead atoms. The standard InChI is InChI=1S/C29H34N4O6/c34-26(25-20-37-27(33-25)23-15-9-17-30-23)32-24(28(35)38-18-21-10-3-1-4-11-21)14-7-8-16-31-29(36)39-19-22-12-5-2-6-13-22/h1-6,10-13,20,23-24,30H,7-9,14-19H2,(H,31,36)(H,32,34). The van der Waals surface area contributed by atoms with Crippen molar-refractivity contribution in [2.75, 3.05) is 13.1 Å². The summed E-state index contributed by atoms with van der Waals surface area (Å²) in [5.41, 5.74) is 1.86. The van der Waals surface area contributed by atoms with Gasteiger partial charge in [0.2, 0.25) is 5.89 Å². The van der Waals surface area contributed by atoms with Crippen molar-refractivity contribution in [1.29, 1.82) is 0 Å². The van der Waals surface area contributed by atoms with Crippen molar-refractivity contribution in [2.45, 2.75) is 57.4 Å². The van der Waals surface area contributed by atoms with Crippen molar-refractivity contribution in [3.05, 3.63) is 89.6 Å².